The number of hydrogen-bond donors (Lipinski definition) is 1. The first kappa shape index (κ1) is 11.5. The summed E-state index contributed by atoms with van der Waals surface area (Å²) >= 11 is 0. The summed E-state index contributed by atoms with van der Waals surface area (Å²) in [7, 11) is 0. The van der Waals surface area contributed by atoms with Crippen LogP contribution >= 0.6 is 0 Å². The highest BCUT2D eigenvalue weighted by atomic mass is 16.5. The van der Waals surface area contributed by atoms with Crippen LogP contribution in [0.15, 0.2) is 18.2 Å². The van der Waals surface area contributed by atoms with Gasteiger partial charge in [-0.15, -0.1) is 0 Å². The summed E-state index contributed by atoms with van der Waals surface area (Å²) in [4.78, 5) is 0. The van der Waals surface area contributed by atoms with Crippen molar-refractivity contribution >= 4 is 0 Å². The van der Waals surface area contributed by atoms with Gasteiger partial charge in [-0.3, -0.25) is 0 Å². The van der Waals surface area contributed by atoms with Gasteiger partial charge < -0.3 is 10.1 Å². The van der Waals surface area contributed by atoms with Gasteiger partial charge in [0.05, 0.1) is 6.61 Å². The number of rotatable bonds is 5. The fourth-order valence-corrected chi connectivity index (χ4v) is 2.28. The van der Waals surface area contributed by atoms with Crippen LogP contribution < -0.4 is 10.1 Å². The summed E-state index contributed by atoms with van der Waals surface area (Å²) in [6.07, 6.45) is 2.25. The largest absolute Gasteiger partial charge is 0.493 e. The molecule has 1 atom stereocenters. The van der Waals surface area contributed by atoms with Gasteiger partial charge in [-0.25, -0.2) is 0 Å². The predicted molar refractivity (Wildman–Crippen MR) is 67.2 cm³/mol. The molecule has 1 heterocycles. The topological polar surface area (TPSA) is 21.3 Å². The van der Waals surface area contributed by atoms with Crippen molar-refractivity contribution in [3.05, 3.63) is 29.3 Å². The van der Waals surface area contributed by atoms with Crippen LogP contribution in [-0.4, -0.2) is 19.7 Å². The number of fused-ring (bicyclic) bond motifs is 1. The molecule has 0 amide bonds. The second-order valence-electron chi connectivity index (χ2n) is 4.48. The molecule has 2 nitrogen and oxygen atoms in total. The number of hydrogen-bond acceptors (Lipinski definition) is 2. The summed E-state index contributed by atoms with van der Waals surface area (Å²) in [5.74, 6) is 1.73. The number of para-hydroxylation sites is 1. The molecule has 0 fully saturated rings. The summed E-state index contributed by atoms with van der Waals surface area (Å²) < 4.78 is 5.74. The van der Waals surface area contributed by atoms with Crippen LogP contribution in [0.3, 0.4) is 0 Å². The molecule has 0 saturated carbocycles. The van der Waals surface area contributed by atoms with Gasteiger partial charge in [0, 0.05) is 6.42 Å². The van der Waals surface area contributed by atoms with Gasteiger partial charge >= 0.3 is 0 Å². The van der Waals surface area contributed by atoms with Gasteiger partial charge in [0.25, 0.3) is 0 Å². The zero-order valence-corrected chi connectivity index (χ0v) is 10.3. The lowest BCUT2D eigenvalue weighted by molar-refractivity contribution is 0.351. The van der Waals surface area contributed by atoms with E-state index in [2.05, 4.69) is 37.4 Å². The smallest absolute Gasteiger partial charge is 0.126 e. The Morgan fingerprint density at radius 2 is 2.31 bits per heavy atom. The zero-order chi connectivity index (χ0) is 11.4. The molecule has 16 heavy (non-hydrogen) atoms. The Balaban J connectivity index is 2.05. The molecule has 0 aromatic heterocycles. The van der Waals surface area contributed by atoms with E-state index in [4.69, 9.17) is 4.74 Å². The lowest BCUT2D eigenvalue weighted by atomic mass is 9.95. The lowest BCUT2D eigenvalue weighted by Crippen LogP contribution is -2.16. The highest BCUT2D eigenvalue weighted by molar-refractivity contribution is 5.45. The Labute approximate surface area is 98.0 Å². The van der Waals surface area contributed by atoms with Gasteiger partial charge in [-0.05, 0) is 36.6 Å². The van der Waals surface area contributed by atoms with Gasteiger partial charge in [-0.1, -0.05) is 32.0 Å². The van der Waals surface area contributed by atoms with Crippen molar-refractivity contribution in [2.45, 2.75) is 32.6 Å². The fourth-order valence-electron chi connectivity index (χ4n) is 2.28. The normalized spacial score (nSPS) is 15.6. The lowest BCUT2D eigenvalue weighted by Gasteiger charge is -2.15. The van der Waals surface area contributed by atoms with Crippen molar-refractivity contribution < 1.29 is 4.74 Å². The van der Waals surface area contributed by atoms with E-state index in [0.717, 1.165) is 31.9 Å². The predicted octanol–water partition coefficient (Wildman–Crippen LogP) is 2.72. The van der Waals surface area contributed by atoms with Crippen LogP contribution in [0.4, 0.5) is 0 Å². The minimum atomic E-state index is 0.576. The highest BCUT2D eigenvalue weighted by Crippen LogP contribution is 2.35. The molecule has 2 heteroatoms. The monoisotopic (exact) mass is 219 g/mol. The van der Waals surface area contributed by atoms with Gasteiger partial charge in [0.1, 0.15) is 5.75 Å². The van der Waals surface area contributed by atoms with Gasteiger partial charge in [0.2, 0.25) is 0 Å². The standard InChI is InChI=1S/C14H21NO/c1-3-15-9-7-11(2)13-6-4-5-12-8-10-16-14(12)13/h4-6,11,15H,3,7-10H2,1-2H3. The van der Waals surface area contributed by atoms with Crippen molar-refractivity contribution in [1.82, 2.24) is 5.32 Å². The molecule has 0 aliphatic carbocycles. The number of nitrogens with one attached hydrogen (secondary N) is 1. The minimum Gasteiger partial charge on any atom is -0.493 e. The maximum Gasteiger partial charge on any atom is 0.126 e. The van der Waals surface area contributed by atoms with E-state index in [1.807, 2.05) is 0 Å². The quantitative estimate of drug-likeness (QED) is 0.769. The third-order valence-corrected chi connectivity index (χ3v) is 3.28. The zero-order valence-electron chi connectivity index (χ0n) is 10.3. The second kappa shape index (κ2) is 5.35. The summed E-state index contributed by atoms with van der Waals surface area (Å²) in [6, 6.07) is 6.55. The van der Waals surface area contributed by atoms with E-state index >= 15 is 0 Å². The third-order valence-electron chi connectivity index (χ3n) is 3.28. The summed E-state index contributed by atoms with van der Waals surface area (Å²) in [5, 5.41) is 3.38. The first-order valence-electron chi connectivity index (χ1n) is 6.28. The van der Waals surface area contributed by atoms with Crippen molar-refractivity contribution in [2.24, 2.45) is 0 Å². The maximum atomic E-state index is 5.74. The van der Waals surface area contributed by atoms with Crippen LogP contribution in [0.5, 0.6) is 5.75 Å². The molecule has 0 saturated heterocycles. The summed E-state index contributed by atoms with van der Waals surface area (Å²) in [6.45, 7) is 7.42. The van der Waals surface area contributed by atoms with E-state index in [0.29, 0.717) is 5.92 Å². The molecular weight excluding hydrogens is 198 g/mol. The van der Waals surface area contributed by atoms with Crippen molar-refractivity contribution in [1.29, 1.82) is 0 Å². The van der Waals surface area contributed by atoms with Crippen LogP contribution in [-0.2, 0) is 6.42 Å². The van der Waals surface area contributed by atoms with Crippen LogP contribution in [0.25, 0.3) is 0 Å². The molecule has 1 aromatic rings. The first-order valence-corrected chi connectivity index (χ1v) is 6.28. The average molecular weight is 219 g/mol. The van der Waals surface area contributed by atoms with Gasteiger partial charge in [0.15, 0.2) is 0 Å². The van der Waals surface area contributed by atoms with Crippen LogP contribution in [0.1, 0.15) is 37.3 Å². The Morgan fingerprint density at radius 3 is 3.12 bits per heavy atom. The number of benzene rings is 1. The van der Waals surface area contributed by atoms with Crippen molar-refractivity contribution in [2.75, 3.05) is 19.7 Å². The molecule has 0 bridgehead atoms. The number of ether oxygens (including phenoxy) is 1. The van der Waals surface area contributed by atoms with Gasteiger partial charge in [-0.2, -0.15) is 0 Å². The van der Waals surface area contributed by atoms with Crippen LogP contribution in [0.2, 0.25) is 0 Å². The Hall–Kier alpha value is -1.02. The molecule has 1 N–H and O–H groups in total. The Kier molecular flexibility index (Phi) is 3.83. The molecule has 88 valence electrons. The fraction of sp³-hybridized carbons (Fsp3) is 0.571. The third kappa shape index (κ3) is 2.38. The van der Waals surface area contributed by atoms with Crippen molar-refractivity contribution in [3.63, 3.8) is 0 Å². The minimum absolute atomic E-state index is 0.576. The van der Waals surface area contributed by atoms with E-state index in [1.54, 1.807) is 0 Å². The summed E-state index contributed by atoms with van der Waals surface area (Å²) in [5.41, 5.74) is 2.76. The van der Waals surface area contributed by atoms with E-state index in [9.17, 15) is 0 Å². The highest BCUT2D eigenvalue weighted by Gasteiger charge is 2.18. The Morgan fingerprint density at radius 1 is 1.44 bits per heavy atom. The average Bonchev–Trinajstić information content (AvgIpc) is 2.76. The second-order valence-corrected chi connectivity index (χ2v) is 4.48. The molecule has 1 aliphatic rings. The molecular formula is C14H21NO. The molecule has 1 aliphatic heterocycles. The molecule has 1 aromatic carbocycles. The molecule has 0 spiro atoms. The van der Waals surface area contributed by atoms with Crippen LogP contribution in [0, 0.1) is 0 Å². The van der Waals surface area contributed by atoms with E-state index < -0.39 is 0 Å². The van der Waals surface area contributed by atoms with Crippen molar-refractivity contribution in [3.8, 4) is 5.75 Å². The maximum absolute atomic E-state index is 5.74. The molecule has 0 radical (unpaired) electrons. The SMILES string of the molecule is CCNCCC(C)c1cccc2c1OCC2. The Bertz CT molecular complexity index is 349. The van der Waals surface area contributed by atoms with E-state index in [1.165, 1.54) is 17.5 Å². The molecule has 1 unspecified atom stereocenters. The molecule has 2 rings (SSSR count). The van der Waals surface area contributed by atoms with E-state index in [-0.39, 0.29) is 0 Å². The first-order chi connectivity index (χ1) is 7.83.